The molecule has 4 rings (SSSR count). The molecule has 4 heterocycles. The Morgan fingerprint density at radius 1 is 1.15 bits per heavy atom. The number of hydrogen-bond acceptors (Lipinski definition) is 5. The van der Waals surface area contributed by atoms with Gasteiger partial charge in [-0.15, -0.1) is 11.3 Å². The van der Waals surface area contributed by atoms with Crippen LogP contribution in [0.5, 0.6) is 0 Å². The Morgan fingerprint density at radius 2 is 2.00 bits per heavy atom. The molecular formula is C21H30N4S. The van der Waals surface area contributed by atoms with E-state index < -0.39 is 0 Å². The monoisotopic (exact) mass is 370 g/mol. The van der Waals surface area contributed by atoms with E-state index in [2.05, 4.69) is 57.4 Å². The van der Waals surface area contributed by atoms with Gasteiger partial charge in [0.2, 0.25) is 0 Å². The normalized spacial score (nSPS) is 20.3. The van der Waals surface area contributed by atoms with Gasteiger partial charge in [0.1, 0.15) is 5.82 Å². The lowest BCUT2D eigenvalue weighted by Gasteiger charge is -2.45. The lowest BCUT2D eigenvalue weighted by molar-refractivity contribution is 0.101. The van der Waals surface area contributed by atoms with Crippen LogP contribution in [0, 0.1) is 0 Å². The van der Waals surface area contributed by atoms with Gasteiger partial charge in [0, 0.05) is 42.8 Å². The summed E-state index contributed by atoms with van der Waals surface area (Å²) in [4.78, 5) is 13.6. The lowest BCUT2D eigenvalue weighted by atomic mass is 9.85. The largest absolute Gasteiger partial charge is 0.356 e. The highest BCUT2D eigenvalue weighted by atomic mass is 32.1. The fourth-order valence-electron chi connectivity index (χ4n) is 4.65. The second-order valence-electron chi connectivity index (χ2n) is 8.08. The summed E-state index contributed by atoms with van der Waals surface area (Å²) in [7, 11) is 4.28. The second-order valence-corrected chi connectivity index (χ2v) is 9.08. The summed E-state index contributed by atoms with van der Waals surface area (Å²) in [6, 6.07) is 8.65. The van der Waals surface area contributed by atoms with E-state index in [-0.39, 0.29) is 0 Å². The molecule has 0 bridgehead atoms. The molecule has 2 aliphatic rings. The molecule has 0 amide bonds. The first-order valence-corrected chi connectivity index (χ1v) is 10.6. The van der Waals surface area contributed by atoms with Crippen molar-refractivity contribution in [1.82, 2.24) is 14.8 Å². The topological polar surface area (TPSA) is 22.6 Å². The third-order valence-corrected chi connectivity index (χ3v) is 6.93. The Labute approximate surface area is 161 Å². The molecule has 2 saturated heterocycles. The third kappa shape index (κ3) is 3.80. The zero-order chi connectivity index (χ0) is 18.0. The van der Waals surface area contributed by atoms with Crippen LogP contribution in [0.25, 0.3) is 0 Å². The van der Waals surface area contributed by atoms with E-state index in [4.69, 9.17) is 0 Å². The van der Waals surface area contributed by atoms with Gasteiger partial charge < -0.3 is 9.80 Å². The minimum absolute atomic E-state index is 0.414. The molecule has 26 heavy (non-hydrogen) atoms. The van der Waals surface area contributed by atoms with Crippen molar-refractivity contribution < 1.29 is 0 Å². The summed E-state index contributed by atoms with van der Waals surface area (Å²) in [5.41, 5.74) is 1.87. The average molecular weight is 371 g/mol. The number of aromatic nitrogens is 1. The van der Waals surface area contributed by atoms with Crippen LogP contribution in [0.15, 0.2) is 35.8 Å². The van der Waals surface area contributed by atoms with Crippen molar-refractivity contribution in [2.45, 2.75) is 44.3 Å². The maximum absolute atomic E-state index is 4.54. The van der Waals surface area contributed by atoms with Crippen molar-refractivity contribution in [2.24, 2.45) is 0 Å². The first-order chi connectivity index (χ1) is 12.6. The molecule has 2 fully saturated rings. The van der Waals surface area contributed by atoms with E-state index in [0.717, 1.165) is 32.0 Å². The first-order valence-electron chi connectivity index (χ1n) is 9.77. The number of hydrogen-bond donors (Lipinski definition) is 0. The highest BCUT2D eigenvalue weighted by molar-refractivity contribution is 7.10. The van der Waals surface area contributed by atoms with Crippen LogP contribution < -0.4 is 4.90 Å². The second kappa shape index (κ2) is 7.67. The van der Waals surface area contributed by atoms with Crippen LogP contribution in [0.3, 0.4) is 0 Å². The van der Waals surface area contributed by atoms with Gasteiger partial charge in [-0.05, 0) is 75.5 Å². The van der Waals surface area contributed by atoms with Gasteiger partial charge in [-0.2, -0.15) is 0 Å². The fraction of sp³-hybridized carbons (Fsp3) is 0.571. The summed E-state index contributed by atoms with van der Waals surface area (Å²) in [6.07, 6.45) is 7.14. The molecule has 0 unspecified atom stereocenters. The van der Waals surface area contributed by atoms with Crippen molar-refractivity contribution in [3.05, 3.63) is 46.3 Å². The number of piperidine rings is 1. The van der Waals surface area contributed by atoms with Crippen molar-refractivity contribution in [1.29, 1.82) is 0 Å². The minimum Gasteiger partial charge on any atom is -0.356 e. The molecule has 140 valence electrons. The molecule has 0 aliphatic carbocycles. The molecule has 2 aromatic rings. The summed E-state index contributed by atoms with van der Waals surface area (Å²) >= 11 is 1.93. The highest BCUT2D eigenvalue weighted by Crippen LogP contribution is 2.40. The lowest BCUT2D eigenvalue weighted by Crippen LogP contribution is -2.51. The summed E-state index contributed by atoms with van der Waals surface area (Å²) in [5.74, 6) is 1.14. The van der Waals surface area contributed by atoms with E-state index >= 15 is 0 Å². The Bertz CT molecular complexity index is 704. The molecule has 5 heteroatoms. The smallest absolute Gasteiger partial charge is 0.128 e. The predicted octanol–water partition coefficient (Wildman–Crippen LogP) is 3.84. The van der Waals surface area contributed by atoms with Crippen LogP contribution in [0.2, 0.25) is 0 Å². The maximum Gasteiger partial charge on any atom is 0.128 e. The molecule has 2 aliphatic heterocycles. The SMILES string of the molecule is CN(C)Cc1csc(CN2CCCC23CCN(c2ccccn2)CC3)c1. The van der Waals surface area contributed by atoms with Gasteiger partial charge in [-0.1, -0.05) is 6.07 Å². The molecular weight excluding hydrogens is 340 g/mol. The third-order valence-electron chi connectivity index (χ3n) is 5.96. The van der Waals surface area contributed by atoms with Crippen molar-refractivity contribution in [3.63, 3.8) is 0 Å². The van der Waals surface area contributed by atoms with E-state index in [9.17, 15) is 0 Å². The number of likely N-dealkylation sites (tertiary alicyclic amines) is 1. The Morgan fingerprint density at radius 3 is 2.73 bits per heavy atom. The van der Waals surface area contributed by atoms with E-state index in [1.807, 2.05) is 23.6 Å². The van der Waals surface area contributed by atoms with E-state index in [0.29, 0.717) is 5.54 Å². The molecule has 4 nitrogen and oxygen atoms in total. The molecule has 0 radical (unpaired) electrons. The van der Waals surface area contributed by atoms with Gasteiger partial charge >= 0.3 is 0 Å². The highest BCUT2D eigenvalue weighted by Gasteiger charge is 2.43. The van der Waals surface area contributed by atoms with Gasteiger partial charge in [0.15, 0.2) is 0 Å². The van der Waals surface area contributed by atoms with Crippen molar-refractivity contribution in [2.75, 3.05) is 38.6 Å². The molecule has 0 N–H and O–H groups in total. The fourth-order valence-corrected chi connectivity index (χ4v) is 5.54. The molecule has 1 spiro atoms. The van der Waals surface area contributed by atoms with E-state index in [1.54, 1.807) is 0 Å². The zero-order valence-corrected chi connectivity index (χ0v) is 16.8. The van der Waals surface area contributed by atoms with Crippen LogP contribution >= 0.6 is 11.3 Å². The Balaban J connectivity index is 1.40. The first kappa shape index (κ1) is 18.0. The van der Waals surface area contributed by atoms with Gasteiger partial charge in [0.25, 0.3) is 0 Å². The molecule has 0 aromatic carbocycles. The molecule has 2 aromatic heterocycles. The van der Waals surface area contributed by atoms with E-state index in [1.165, 1.54) is 42.7 Å². The molecule has 0 saturated carbocycles. The Kier molecular flexibility index (Phi) is 5.30. The van der Waals surface area contributed by atoms with Gasteiger partial charge in [-0.3, -0.25) is 4.90 Å². The predicted molar refractivity (Wildman–Crippen MR) is 110 cm³/mol. The number of pyridine rings is 1. The average Bonchev–Trinajstić information content (AvgIpc) is 3.24. The Hall–Kier alpha value is -1.43. The van der Waals surface area contributed by atoms with Crippen molar-refractivity contribution >= 4 is 17.2 Å². The number of anilines is 1. The quantitative estimate of drug-likeness (QED) is 0.797. The minimum atomic E-state index is 0.414. The van der Waals surface area contributed by atoms with Crippen LogP contribution in [0.4, 0.5) is 5.82 Å². The number of nitrogens with zero attached hydrogens (tertiary/aromatic N) is 4. The summed E-state index contributed by atoms with van der Waals surface area (Å²) in [6.45, 7) is 5.68. The molecule has 0 atom stereocenters. The number of rotatable bonds is 5. The van der Waals surface area contributed by atoms with Crippen molar-refractivity contribution in [3.8, 4) is 0 Å². The standard InChI is InChI=1S/C21H30N4S/c1-23(2)15-18-14-19(26-17-18)16-25-11-5-7-21(25)8-12-24(13-9-21)20-6-3-4-10-22-20/h3-4,6,10,14,17H,5,7-9,11-13,15-16H2,1-2H3. The van der Waals surface area contributed by atoms with Gasteiger partial charge in [-0.25, -0.2) is 4.98 Å². The zero-order valence-electron chi connectivity index (χ0n) is 16.0. The van der Waals surface area contributed by atoms with Crippen LogP contribution in [-0.4, -0.2) is 54.1 Å². The summed E-state index contributed by atoms with van der Waals surface area (Å²) in [5, 5.41) is 2.34. The number of thiophene rings is 1. The summed E-state index contributed by atoms with van der Waals surface area (Å²) < 4.78 is 0. The maximum atomic E-state index is 4.54. The van der Waals surface area contributed by atoms with Crippen LogP contribution in [-0.2, 0) is 13.1 Å². The van der Waals surface area contributed by atoms with Gasteiger partial charge in [0.05, 0.1) is 0 Å². The van der Waals surface area contributed by atoms with Crippen LogP contribution in [0.1, 0.15) is 36.1 Å².